The van der Waals surface area contributed by atoms with Crippen molar-refractivity contribution in [3.63, 3.8) is 0 Å². The topological polar surface area (TPSA) is 74.3 Å². The van der Waals surface area contributed by atoms with Gasteiger partial charge in [-0.3, -0.25) is 0 Å². The zero-order valence-corrected chi connectivity index (χ0v) is 14.7. The molecule has 1 aliphatic heterocycles. The zero-order valence-electron chi connectivity index (χ0n) is 14.7. The number of ether oxygens (including phenoxy) is 4. The average molecular weight is 349 g/mol. The molecule has 0 aliphatic carbocycles. The van der Waals surface area contributed by atoms with Crippen LogP contribution in [0.3, 0.4) is 0 Å². The number of hydrogen-bond donors (Lipinski definition) is 0. The quantitative estimate of drug-likeness (QED) is 0.552. The van der Waals surface area contributed by atoms with Crippen LogP contribution in [-0.2, 0) is 23.8 Å². The fraction of sp³-hybridized carbons (Fsp3) is 0.444. The standard InChI is InChI=1S/C18H23NO6/c1-4-5-10-25-14-8-6-13(7-9-14)19-12-24-11-15(17(20)22-2)16(19)18(21)23-3/h6-9H,4-5,10-12H2,1-3H3. The van der Waals surface area contributed by atoms with E-state index in [1.54, 1.807) is 17.0 Å². The van der Waals surface area contributed by atoms with Crippen LogP contribution in [-0.4, -0.2) is 46.1 Å². The predicted molar refractivity (Wildman–Crippen MR) is 91.2 cm³/mol. The summed E-state index contributed by atoms with van der Waals surface area (Å²) in [7, 11) is 2.52. The molecule has 0 spiro atoms. The molecule has 1 aliphatic rings. The Morgan fingerprint density at radius 3 is 2.40 bits per heavy atom. The van der Waals surface area contributed by atoms with Gasteiger partial charge in [0.1, 0.15) is 18.2 Å². The Hall–Kier alpha value is -2.54. The van der Waals surface area contributed by atoms with Crippen molar-refractivity contribution in [1.82, 2.24) is 0 Å². The van der Waals surface area contributed by atoms with Crippen LogP contribution in [0.4, 0.5) is 5.69 Å². The van der Waals surface area contributed by atoms with Gasteiger partial charge in [0.25, 0.3) is 0 Å². The Bertz CT molecular complexity index is 637. The van der Waals surface area contributed by atoms with Gasteiger partial charge in [-0.1, -0.05) is 13.3 Å². The molecule has 7 nitrogen and oxygen atoms in total. The molecule has 0 N–H and O–H groups in total. The Labute approximate surface area is 147 Å². The van der Waals surface area contributed by atoms with Crippen LogP contribution >= 0.6 is 0 Å². The number of benzene rings is 1. The van der Waals surface area contributed by atoms with Crippen LogP contribution in [0, 0.1) is 0 Å². The van der Waals surface area contributed by atoms with Gasteiger partial charge >= 0.3 is 11.9 Å². The summed E-state index contributed by atoms with van der Waals surface area (Å²) in [5.41, 5.74) is 0.938. The van der Waals surface area contributed by atoms with Crippen molar-refractivity contribution in [2.24, 2.45) is 0 Å². The number of hydrogen-bond acceptors (Lipinski definition) is 7. The van der Waals surface area contributed by atoms with Crippen molar-refractivity contribution in [1.29, 1.82) is 0 Å². The average Bonchev–Trinajstić information content (AvgIpc) is 2.67. The highest BCUT2D eigenvalue weighted by atomic mass is 16.5. The van der Waals surface area contributed by atoms with E-state index in [4.69, 9.17) is 18.9 Å². The number of rotatable bonds is 7. The van der Waals surface area contributed by atoms with Crippen molar-refractivity contribution >= 4 is 17.6 Å². The zero-order chi connectivity index (χ0) is 18.2. The second-order valence-corrected chi connectivity index (χ2v) is 5.41. The van der Waals surface area contributed by atoms with E-state index in [1.807, 2.05) is 12.1 Å². The van der Waals surface area contributed by atoms with Crippen LogP contribution in [0.2, 0.25) is 0 Å². The van der Waals surface area contributed by atoms with Gasteiger partial charge in [-0.2, -0.15) is 0 Å². The molecule has 1 aromatic rings. The van der Waals surface area contributed by atoms with Gasteiger partial charge in [-0.25, -0.2) is 9.59 Å². The fourth-order valence-electron chi connectivity index (χ4n) is 2.40. The second kappa shape index (κ2) is 9.08. The minimum atomic E-state index is -0.621. The summed E-state index contributed by atoms with van der Waals surface area (Å²) in [6, 6.07) is 7.22. The lowest BCUT2D eigenvalue weighted by molar-refractivity contribution is -0.140. The molecule has 0 aromatic heterocycles. The monoisotopic (exact) mass is 349 g/mol. The molecule has 0 saturated heterocycles. The Kier molecular flexibility index (Phi) is 6.82. The Morgan fingerprint density at radius 1 is 1.12 bits per heavy atom. The predicted octanol–water partition coefficient (Wildman–Crippen LogP) is 2.26. The lowest BCUT2D eigenvalue weighted by atomic mass is 10.1. The highest BCUT2D eigenvalue weighted by Crippen LogP contribution is 2.28. The van der Waals surface area contributed by atoms with Gasteiger partial charge in [0.05, 0.1) is 33.0 Å². The minimum absolute atomic E-state index is 0.00812. The molecule has 1 heterocycles. The van der Waals surface area contributed by atoms with E-state index < -0.39 is 11.9 Å². The van der Waals surface area contributed by atoms with Crippen LogP contribution in [0.1, 0.15) is 19.8 Å². The largest absolute Gasteiger partial charge is 0.494 e. The molecule has 1 aromatic carbocycles. The van der Waals surface area contributed by atoms with E-state index >= 15 is 0 Å². The van der Waals surface area contributed by atoms with E-state index in [0.29, 0.717) is 12.3 Å². The van der Waals surface area contributed by atoms with Crippen molar-refractivity contribution in [3.05, 3.63) is 35.5 Å². The summed E-state index contributed by atoms with van der Waals surface area (Å²) in [5.74, 6) is -0.497. The van der Waals surface area contributed by atoms with Crippen LogP contribution < -0.4 is 9.64 Å². The lowest BCUT2D eigenvalue weighted by Crippen LogP contribution is -2.38. The Morgan fingerprint density at radius 2 is 1.80 bits per heavy atom. The molecule has 25 heavy (non-hydrogen) atoms. The summed E-state index contributed by atoms with van der Waals surface area (Å²) < 4.78 is 20.6. The number of nitrogens with zero attached hydrogens (tertiary/aromatic N) is 1. The maximum atomic E-state index is 12.2. The highest BCUT2D eigenvalue weighted by molar-refractivity contribution is 6.03. The molecule has 0 radical (unpaired) electrons. The number of carbonyl (C=O) groups excluding carboxylic acids is 2. The van der Waals surface area contributed by atoms with Gasteiger partial charge in [0, 0.05) is 5.69 Å². The van der Waals surface area contributed by atoms with E-state index in [2.05, 4.69) is 6.92 Å². The molecule has 136 valence electrons. The molecular weight excluding hydrogens is 326 g/mol. The number of methoxy groups -OCH3 is 2. The molecule has 0 saturated carbocycles. The highest BCUT2D eigenvalue weighted by Gasteiger charge is 2.32. The maximum Gasteiger partial charge on any atom is 0.355 e. The SMILES string of the molecule is CCCCOc1ccc(N2COCC(C(=O)OC)=C2C(=O)OC)cc1. The Balaban J connectivity index is 2.29. The molecule has 0 bridgehead atoms. The number of carbonyl (C=O) groups is 2. The van der Waals surface area contributed by atoms with Crippen LogP contribution in [0.15, 0.2) is 35.5 Å². The smallest absolute Gasteiger partial charge is 0.355 e. The third kappa shape index (κ3) is 4.51. The number of anilines is 1. The molecule has 0 fully saturated rings. The normalized spacial score (nSPS) is 14.3. The van der Waals surface area contributed by atoms with Crippen molar-refractivity contribution in [3.8, 4) is 5.75 Å². The fourth-order valence-corrected chi connectivity index (χ4v) is 2.40. The van der Waals surface area contributed by atoms with Crippen molar-refractivity contribution in [2.75, 3.05) is 39.1 Å². The van der Waals surface area contributed by atoms with Crippen LogP contribution in [0.25, 0.3) is 0 Å². The van der Waals surface area contributed by atoms with Gasteiger partial charge in [0.2, 0.25) is 0 Å². The first kappa shape index (κ1) is 18.8. The third-order valence-corrected chi connectivity index (χ3v) is 3.75. The summed E-state index contributed by atoms with van der Waals surface area (Å²) in [6.07, 6.45) is 2.05. The van der Waals surface area contributed by atoms with Gasteiger partial charge < -0.3 is 23.8 Å². The summed E-state index contributed by atoms with van der Waals surface area (Å²) >= 11 is 0. The van der Waals surface area contributed by atoms with Gasteiger partial charge in [0.15, 0.2) is 0 Å². The first-order valence-electron chi connectivity index (χ1n) is 8.10. The summed E-state index contributed by atoms with van der Waals surface area (Å²) in [5, 5.41) is 0. The van der Waals surface area contributed by atoms with E-state index in [9.17, 15) is 9.59 Å². The van der Waals surface area contributed by atoms with E-state index in [-0.39, 0.29) is 24.6 Å². The summed E-state index contributed by atoms with van der Waals surface area (Å²) in [6.45, 7) is 2.87. The molecular formula is C18H23NO6. The molecule has 7 heteroatoms. The second-order valence-electron chi connectivity index (χ2n) is 5.41. The van der Waals surface area contributed by atoms with E-state index in [1.165, 1.54) is 14.2 Å². The lowest BCUT2D eigenvalue weighted by Gasteiger charge is -2.31. The maximum absolute atomic E-state index is 12.2. The number of esters is 2. The van der Waals surface area contributed by atoms with Crippen molar-refractivity contribution in [2.45, 2.75) is 19.8 Å². The van der Waals surface area contributed by atoms with Gasteiger partial charge in [-0.15, -0.1) is 0 Å². The molecule has 0 unspecified atom stereocenters. The van der Waals surface area contributed by atoms with Crippen molar-refractivity contribution < 1.29 is 28.5 Å². The van der Waals surface area contributed by atoms with Gasteiger partial charge in [-0.05, 0) is 30.7 Å². The van der Waals surface area contributed by atoms with E-state index in [0.717, 1.165) is 18.6 Å². The van der Waals surface area contributed by atoms with Crippen LogP contribution in [0.5, 0.6) is 5.75 Å². The first-order valence-corrected chi connectivity index (χ1v) is 8.10. The first-order chi connectivity index (χ1) is 12.1. The minimum Gasteiger partial charge on any atom is -0.494 e. The molecule has 0 atom stereocenters. The molecule has 2 rings (SSSR count). The number of unbranched alkanes of at least 4 members (excludes halogenated alkanes) is 1. The summed E-state index contributed by atoms with van der Waals surface area (Å²) in [4.78, 5) is 25.8. The molecule has 0 amide bonds. The third-order valence-electron chi connectivity index (χ3n) is 3.75.